The Kier molecular flexibility index (Phi) is 6.39. The minimum Gasteiger partial charge on any atom is -0.444 e. The molecule has 0 aromatic carbocycles. The van der Waals surface area contributed by atoms with Gasteiger partial charge in [0.25, 0.3) is 5.91 Å². The molecule has 0 atom stereocenters. The molecule has 4 aromatic rings. The van der Waals surface area contributed by atoms with E-state index in [9.17, 15) is 9.90 Å². The first-order valence-electron chi connectivity index (χ1n) is 13.5. The largest absolute Gasteiger partial charge is 0.444 e. The second-order valence-electron chi connectivity index (χ2n) is 11.2. The van der Waals surface area contributed by atoms with Crippen LogP contribution in [0.1, 0.15) is 80.2 Å². The maximum absolute atomic E-state index is 13.3. The van der Waals surface area contributed by atoms with Crippen molar-refractivity contribution in [2.45, 2.75) is 70.3 Å². The van der Waals surface area contributed by atoms with Crippen molar-refractivity contribution in [2.75, 3.05) is 23.3 Å². The summed E-state index contributed by atoms with van der Waals surface area (Å²) in [7, 11) is 0. The molecule has 198 valence electrons. The fourth-order valence-electron chi connectivity index (χ4n) is 5.00. The topological polar surface area (TPSA) is 109 Å². The third kappa shape index (κ3) is 5.43. The molecule has 2 N–H and O–H groups in total. The number of imidazole rings is 1. The minimum absolute atomic E-state index is 0.228. The number of aliphatic hydroxyl groups is 1. The molecule has 5 heterocycles. The van der Waals surface area contributed by atoms with Gasteiger partial charge in [-0.25, -0.2) is 9.97 Å². The number of amides is 1. The monoisotopic (exact) mass is 514 g/mol. The van der Waals surface area contributed by atoms with Crippen molar-refractivity contribution in [2.24, 2.45) is 0 Å². The van der Waals surface area contributed by atoms with E-state index in [0.29, 0.717) is 30.3 Å². The van der Waals surface area contributed by atoms with Crippen LogP contribution >= 0.6 is 0 Å². The summed E-state index contributed by atoms with van der Waals surface area (Å²) in [6, 6.07) is 5.90. The zero-order valence-electron chi connectivity index (χ0n) is 22.0. The van der Waals surface area contributed by atoms with E-state index in [0.717, 1.165) is 67.1 Å². The fourth-order valence-corrected chi connectivity index (χ4v) is 5.00. The van der Waals surface area contributed by atoms with Crippen LogP contribution in [0, 0.1) is 0 Å². The van der Waals surface area contributed by atoms with Crippen molar-refractivity contribution in [3.63, 3.8) is 0 Å². The van der Waals surface area contributed by atoms with Gasteiger partial charge in [0.05, 0.1) is 22.7 Å². The average Bonchev–Trinajstić information content (AvgIpc) is 3.50. The highest BCUT2D eigenvalue weighted by Crippen LogP contribution is 2.40. The fraction of sp³-hybridized carbons (Fsp3) is 0.448. The molecule has 6 rings (SSSR count). The lowest BCUT2D eigenvalue weighted by atomic mass is 10.0. The number of hydrogen-bond donors (Lipinski definition) is 2. The van der Waals surface area contributed by atoms with Gasteiger partial charge in [-0.1, -0.05) is 0 Å². The van der Waals surface area contributed by atoms with Gasteiger partial charge in [0.1, 0.15) is 11.9 Å². The van der Waals surface area contributed by atoms with E-state index >= 15 is 0 Å². The SMILES string of the molecule is CC(C)(O)CCc1cn2cc(NC(=O)c3coc(-c4ccnc(C5CC5)c4)n3)c(N3CCCCC3)cc2n1. The summed E-state index contributed by atoms with van der Waals surface area (Å²) >= 11 is 0. The van der Waals surface area contributed by atoms with Crippen LogP contribution in [0.3, 0.4) is 0 Å². The summed E-state index contributed by atoms with van der Waals surface area (Å²) in [5, 5.41) is 13.2. The zero-order valence-corrected chi connectivity index (χ0v) is 22.0. The molecular formula is C29H34N6O3. The Morgan fingerprint density at radius 2 is 1.97 bits per heavy atom. The number of nitrogens with zero attached hydrogens (tertiary/aromatic N) is 5. The molecule has 1 aliphatic carbocycles. The molecule has 0 spiro atoms. The minimum atomic E-state index is -0.750. The molecule has 0 unspecified atom stereocenters. The standard InChI is InChI=1S/C29H34N6O3/c1-29(2,37)10-8-21-16-35-17-23(25(15-26(35)31-21)34-12-4-3-5-13-34)32-27(36)24-18-38-28(33-24)20-9-11-30-22(14-20)19-6-7-19/h9,11,14-19,37H,3-8,10,12-13H2,1-2H3,(H,32,36). The number of oxazole rings is 1. The Labute approximate surface area is 221 Å². The lowest BCUT2D eigenvalue weighted by molar-refractivity contribution is 0.0711. The van der Waals surface area contributed by atoms with Crippen molar-refractivity contribution in [1.29, 1.82) is 0 Å². The molecule has 9 heteroatoms. The van der Waals surface area contributed by atoms with Crippen LogP contribution in [0.4, 0.5) is 11.4 Å². The van der Waals surface area contributed by atoms with Gasteiger partial charge in [0, 0.05) is 54.9 Å². The van der Waals surface area contributed by atoms with Gasteiger partial charge in [0.15, 0.2) is 5.69 Å². The van der Waals surface area contributed by atoms with Crippen LogP contribution < -0.4 is 10.2 Å². The number of fused-ring (bicyclic) bond motifs is 1. The van der Waals surface area contributed by atoms with Gasteiger partial charge in [-0.3, -0.25) is 9.78 Å². The van der Waals surface area contributed by atoms with Crippen molar-refractivity contribution >= 4 is 22.9 Å². The third-order valence-corrected chi connectivity index (χ3v) is 7.32. The molecule has 1 saturated carbocycles. The van der Waals surface area contributed by atoms with E-state index in [4.69, 9.17) is 9.40 Å². The molecule has 1 aliphatic heterocycles. The highest BCUT2D eigenvalue weighted by atomic mass is 16.3. The molecule has 4 aromatic heterocycles. The number of pyridine rings is 2. The summed E-state index contributed by atoms with van der Waals surface area (Å²) in [6.45, 7) is 5.48. The predicted octanol–water partition coefficient (Wildman–Crippen LogP) is 5.21. The van der Waals surface area contributed by atoms with Gasteiger partial charge >= 0.3 is 0 Å². The van der Waals surface area contributed by atoms with Gasteiger partial charge in [-0.2, -0.15) is 0 Å². The van der Waals surface area contributed by atoms with Crippen LogP contribution in [-0.4, -0.2) is 49.1 Å². The maximum atomic E-state index is 13.3. The van der Waals surface area contributed by atoms with Gasteiger partial charge in [-0.15, -0.1) is 0 Å². The summed E-state index contributed by atoms with van der Waals surface area (Å²) < 4.78 is 7.63. The van der Waals surface area contributed by atoms with Crippen molar-refractivity contribution < 1.29 is 14.3 Å². The Balaban J connectivity index is 1.27. The number of nitrogens with one attached hydrogen (secondary N) is 1. The molecule has 2 aliphatic rings. The molecule has 1 amide bonds. The Morgan fingerprint density at radius 3 is 2.74 bits per heavy atom. The number of aromatic nitrogens is 4. The van der Waals surface area contributed by atoms with Crippen LogP contribution in [0.2, 0.25) is 0 Å². The van der Waals surface area contributed by atoms with Crippen LogP contribution in [0.15, 0.2) is 47.5 Å². The predicted molar refractivity (Wildman–Crippen MR) is 146 cm³/mol. The van der Waals surface area contributed by atoms with Crippen LogP contribution in [-0.2, 0) is 6.42 Å². The molecular weight excluding hydrogens is 480 g/mol. The molecule has 0 radical (unpaired) electrons. The molecule has 0 bridgehead atoms. The van der Waals surface area contributed by atoms with Gasteiger partial charge in [0.2, 0.25) is 5.89 Å². The summed E-state index contributed by atoms with van der Waals surface area (Å²) in [5.41, 5.74) is 4.75. The van der Waals surface area contributed by atoms with Gasteiger partial charge < -0.3 is 24.1 Å². The number of rotatable bonds is 8. The smallest absolute Gasteiger partial charge is 0.277 e. The van der Waals surface area contributed by atoms with Crippen LogP contribution in [0.25, 0.3) is 17.1 Å². The number of carbonyl (C=O) groups is 1. The van der Waals surface area contributed by atoms with E-state index in [1.165, 1.54) is 12.7 Å². The Bertz CT molecular complexity index is 1460. The number of anilines is 2. The summed E-state index contributed by atoms with van der Waals surface area (Å²) in [6.07, 6.45) is 14.1. The van der Waals surface area contributed by atoms with E-state index < -0.39 is 5.60 Å². The molecule has 2 fully saturated rings. The van der Waals surface area contributed by atoms with E-state index in [1.54, 1.807) is 20.0 Å². The lowest BCUT2D eigenvalue weighted by Crippen LogP contribution is -2.30. The van der Waals surface area contributed by atoms with E-state index in [-0.39, 0.29) is 11.6 Å². The quantitative estimate of drug-likeness (QED) is 0.332. The number of aryl methyl sites for hydroxylation is 1. The number of hydrogen-bond acceptors (Lipinski definition) is 7. The summed E-state index contributed by atoms with van der Waals surface area (Å²) in [4.78, 5) is 29.4. The number of carbonyl (C=O) groups excluding carboxylic acids is 1. The van der Waals surface area contributed by atoms with Crippen molar-refractivity contribution in [3.05, 3.63) is 60.1 Å². The second kappa shape index (κ2) is 9.87. The zero-order chi connectivity index (χ0) is 26.3. The maximum Gasteiger partial charge on any atom is 0.277 e. The van der Waals surface area contributed by atoms with Gasteiger partial charge in [-0.05, 0) is 70.9 Å². The lowest BCUT2D eigenvalue weighted by Gasteiger charge is -2.30. The van der Waals surface area contributed by atoms with Crippen molar-refractivity contribution in [1.82, 2.24) is 19.4 Å². The van der Waals surface area contributed by atoms with Crippen LogP contribution in [0.5, 0.6) is 0 Å². The number of piperidine rings is 1. The first-order chi connectivity index (χ1) is 18.3. The third-order valence-electron chi connectivity index (χ3n) is 7.32. The van der Waals surface area contributed by atoms with E-state index in [2.05, 4.69) is 20.2 Å². The molecule has 38 heavy (non-hydrogen) atoms. The molecule has 9 nitrogen and oxygen atoms in total. The Hall–Kier alpha value is -3.72. The normalized spacial score (nSPS) is 16.2. The second-order valence-corrected chi connectivity index (χ2v) is 11.2. The average molecular weight is 515 g/mol. The van der Waals surface area contributed by atoms with Crippen molar-refractivity contribution in [3.8, 4) is 11.5 Å². The first-order valence-corrected chi connectivity index (χ1v) is 13.5. The first kappa shape index (κ1) is 24.6. The Morgan fingerprint density at radius 1 is 1.16 bits per heavy atom. The highest BCUT2D eigenvalue weighted by molar-refractivity contribution is 6.04. The summed E-state index contributed by atoms with van der Waals surface area (Å²) in [5.74, 6) is 0.614. The molecule has 1 saturated heterocycles. The van der Waals surface area contributed by atoms with E-state index in [1.807, 2.05) is 35.0 Å². The highest BCUT2D eigenvalue weighted by Gasteiger charge is 2.26.